The fraction of sp³-hybridized carbons (Fsp3) is 0.360. The zero-order valence-corrected chi connectivity index (χ0v) is 22.6. The number of carbonyl (C=O) groups excluding carboxylic acids is 1. The van der Waals surface area contributed by atoms with E-state index in [1.165, 1.54) is 29.2 Å². The summed E-state index contributed by atoms with van der Waals surface area (Å²) in [7, 11) is 0. The first-order chi connectivity index (χ1) is 19.0. The van der Waals surface area contributed by atoms with Gasteiger partial charge in [-0.25, -0.2) is 9.38 Å². The Labute approximate surface area is 238 Å². The van der Waals surface area contributed by atoms with Crippen molar-refractivity contribution in [1.29, 1.82) is 10.7 Å². The van der Waals surface area contributed by atoms with Gasteiger partial charge in [-0.3, -0.25) is 10.1 Å². The zero-order valence-electron chi connectivity index (χ0n) is 21.1. The van der Waals surface area contributed by atoms with Gasteiger partial charge in [0.2, 0.25) is 11.9 Å². The van der Waals surface area contributed by atoms with Crippen LogP contribution in [0.4, 0.5) is 18.9 Å². The summed E-state index contributed by atoms with van der Waals surface area (Å²) in [5.74, 6) is -2.52. The van der Waals surface area contributed by atoms with Crippen LogP contribution in [0.1, 0.15) is 18.9 Å². The molecule has 214 valence electrons. The van der Waals surface area contributed by atoms with E-state index in [0.29, 0.717) is 5.56 Å². The number of ether oxygens (including phenoxy) is 1. The van der Waals surface area contributed by atoms with Gasteiger partial charge in [0.25, 0.3) is 0 Å². The van der Waals surface area contributed by atoms with Crippen LogP contribution in [0, 0.1) is 22.7 Å². The van der Waals surface area contributed by atoms with Gasteiger partial charge in [-0.05, 0) is 43.2 Å². The molecule has 3 atom stereocenters. The number of aliphatic hydroxyl groups is 1. The van der Waals surface area contributed by atoms with Crippen molar-refractivity contribution in [2.24, 2.45) is 4.99 Å². The lowest BCUT2D eigenvalue weighted by Crippen LogP contribution is -2.52. The van der Waals surface area contributed by atoms with Gasteiger partial charge in [0.05, 0.1) is 46.2 Å². The molecule has 0 bridgehead atoms. The molecule has 10 nitrogen and oxygen atoms in total. The molecule has 2 aromatic rings. The molecule has 40 heavy (non-hydrogen) atoms. The van der Waals surface area contributed by atoms with E-state index in [1.54, 1.807) is 19.2 Å². The van der Waals surface area contributed by atoms with Gasteiger partial charge in [0, 0.05) is 13.1 Å². The van der Waals surface area contributed by atoms with Crippen molar-refractivity contribution in [3.63, 3.8) is 0 Å². The molecule has 0 radical (unpaired) electrons. The normalized spacial score (nSPS) is 17.7. The van der Waals surface area contributed by atoms with Crippen molar-refractivity contribution in [3.05, 3.63) is 57.8 Å². The average molecular weight is 600 g/mol. The second-order valence-corrected chi connectivity index (χ2v) is 9.39. The van der Waals surface area contributed by atoms with E-state index >= 15 is 0 Å². The first-order valence-corrected chi connectivity index (χ1v) is 12.8. The molecule has 0 spiro atoms. The maximum Gasteiger partial charge on any atom is 0.387 e. The third-order valence-electron chi connectivity index (χ3n) is 6.00. The number of amides is 1. The molecule has 3 rings (SSSR count). The number of nitriles is 1. The van der Waals surface area contributed by atoms with Crippen LogP contribution in [-0.4, -0.2) is 72.0 Å². The van der Waals surface area contributed by atoms with Crippen molar-refractivity contribution in [3.8, 4) is 11.9 Å². The van der Waals surface area contributed by atoms with Crippen LogP contribution in [0.2, 0.25) is 10.0 Å². The molecular formula is C25H26Cl2F3N7O3. The van der Waals surface area contributed by atoms with E-state index in [1.807, 2.05) is 0 Å². The topological polar surface area (TPSA) is 146 Å². The zero-order chi connectivity index (χ0) is 29.4. The van der Waals surface area contributed by atoms with Gasteiger partial charge in [-0.1, -0.05) is 35.3 Å². The molecule has 1 heterocycles. The van der Waals surface area contributed by atoms with Crippen molar-refractivity contribution in [1.82, 2.24) is 15.5 Å². The fourth-order valence-electron chi connectivity index (χ4n) is 4.10. The SMILES string of the molecule is CCN(C(=O)[C@H]1C[C@@H](O)CN1)C(CN=C(NC#N)Nc1cccc(OC(F)F)c1F)C(=N)c1ccc(Cl)c(Cl)c1. The molecule has 1 aliphatic heterocycles. The Kier molecular flexibility index (Phi) is 11.0. The second kappa shape index (κ2) is 14.2. The first kappa shape index (κ1) is 31.0. The van der Waals surface area contributed by atoms with Crippen molar-refractivity contribution in [2.75, 3.05) is 25.0 Å². The molecule has 0 aliphatic carbocycles. The van der Waals surface area contributed by atoms with Gasteiger partial charge >= 0.3 is 6.61 Å². The van der Waals surface area contributed by atoms with Crippen LogP contribution >= 0.6 is 23.2 Å². The number of nitrogens with zero attached hydrogens (tertiary/aromatic N) is 3. The maximum atomic E-state index is 14.7. The summed E-state index contributed by atoms with van der Waals surface area (Å²) in [5.41, 5.74) is -0.0138. The monoisotopic (exact) mass is 599 g/mol. The lowest BCUT2D eigenvalue weighted by molar-refractivity contribution is -0.134. The number of likely N-dealkylation sites (N-methyl/N-ethyl adjacent to an activating group) is 1. The van der Waals surface area contributed by atoms with Crippen LogP contribution in [-0.2, 0) is 4.79 Å². The highest BCUT2D eigenvalue weighted by Gasteiger charge is 2.35. The number of anilines is 1. The van der Waals surface area contributed by atoms with Gasteiger partial charge in [-0.2, -0.15) is 14.0 Å². The smallest absolute Gasteiger partial charge is 0.387 e. The third-order valence-corrected chi connectivity index (χ3v) is 6.74. The van der Waals surface area contributed by atoms with Crippen molar-refractivity contribution < 1.29 is 27.8 Å². The Morgan fingerprint density at radius 2 is 2.10 bits per heavy atom. The highest BCUT2D eigenvalue weighted by Crippen LogP contribution is 2.26. The summed E-state index contributed by atoms with van der Waals surface area (Å²) in [6, 6.07) is 6.33. The number of nitrogens with one attached hydrogen (secondary N) is 4. The lowest BCUT2D eigenvalue weighted by Gasteiger charge is -2.32. The minimum Gasteiger partial charge on any atom is -0.432 e. The summed E-state index contributed by atoms with van der Waals surface area (Å²) in [6.45, 7) is -1.43. The Morgan fingerprint density at radius 3 is 2.70 bits per heavy atom. The lowest BCUT2D eigenvalue weighted by atomic mass is 10.0. The van der Waals surface area contributed by atoms with Gasteiger partial charge in [0.1, 0.15) is 0 Å². The molecule has 1 saturated heterocycles. The Bertz CT molecular complexity index is 1310. The summed E-state index contributed by atoms with van der Waals surface area (Å²) in [4.78, 5) is 19.1. The van der Waals surface area contributed by atoms with Crippen LogP contribution < -0.4 is 20.7 Å². The number of rotatable bonds is 10. The summed E-state index contributed by atoms with van der Waals surface area (Å²) < 4.78 is 44.1. The van der Waals surface area contributed by atoms with Crippen LogP contribution in [0.15, 0.2) is 41.4 Å². The standard InChI is InChI=1S/C25H26Cl2F3N7O3/c1-2-37(23(39)18-9-14(38)10-33-18)19(22(32)13-6-7-15(26)16(27)8-13)11-34-25(35-12-31)36-17-4-3-5-20(21(17)28)40-24(29)30/h3-8,14,18-19,24,32-33,38H,2,9-11H2,1H3,(H2,34,35,36)/t14-,18-,19?/m1/s1. The van der Waals surface area contributed by atoms with E-state index in [9.17, 15) is 28.3 Å². The van der Waals surface area contributed by atoms with Crippen LogP contribution in [0.3, 0.4) is 0 Å². The molecule has 5 N–H and O–H groups in total. The van der Waals surface area contributed by atoms with Crippen LogP contribution in [0.25, 0.3) is 0 Å². The molecule has 1 unspecified atom stereocenters. The molecule has 0 aromatic heterocycles. The Hall–Kier alpha value is -3.57. The predicted octanol–water partition coefficient (Wildman–Crippen LogP) is 3.58. The minimum absolute atomic E-state index is 0.0501. The number of benzene rings is 2. The second-order valence-electron chi connectivity index (χ2n) is 8.58. The summed E-state index contributed by atoms with van der Waals surface area (Å²) in [6.07, 6.45) is 1.13. The van der Waals surface area contributed by atoms with E-state index in [4.69, 9.17) is 28.6 Å². The average Bonchev–Trinajstić information content (AvgIpc) is 3.35. The number of aliphatic hydroxyl groups excluding tert-OH is 1. The molecule has 1 amide bonds. The molecule has 0 saturated carbocycles. The van der Waals surface area contributed by atoms with Gasteiger partial charge in [-0.15, -0.1) is 0 Å². The minimum atomic E-state index is -3.25. The third kappa shape index (κ3) is 7.76. The van der Waals surface area contributed by atoms with Crippen molar-refractivity contribution in [2.45, 2.75) is 38.1 Å². The molecular weight excluding hydrogens is 574 g/mol. The number of guanidine groups is 1. The summed E-state index contributed by atoms with van der Waals surface area (Å²) >= 11 is 12.2. The maximum absolute atomic E-state index is 14.7. The number of hydrogen-bond acceptors (Lipinski definition) is 7. The van der Waals surface area contributed by atoms with Gasteiger partial charge in [0.15, 0.2) is 17.8 Å². The van der Waals surface area contributed by atoms with Gasteiger partial charge < -0.3 is 30.8 Å². The molecule has 15 heteroatoms. The largest absolute Gasteiger partial charge is 0.432 e. The summed E-state index contributed by atoms with van der Waals surface area (Å²) in [5, 5.41) is 36.2. The number of carbonyl (C=O) groups is 1. The molecule has 2 aromatic carbocycles. The predicted molar refractivity (Wildman–Crippen MR) is 145 cm³/mol. The molecule has 1 fully saturated rings. The Balaban J connectivity index is 1.95. The quantitative estimate of drug-likeness (QED) is 0.121. The van der Waals surface area contributed by atoms with E-state index in [-0.39, 0.29) is 59.4 Å². The highest BCUT2D eigenvalue weighted by atomic mass is 35.5. The van der Waals surface area contributed by atoms with Crippen molar-refractivity contribution >= 4 is 46.5 Å². The van der Waals surface area contributed by atoms with E-state index in [0.717, 1.165) is 6.07 Å². The van der Waals surface area contributed by atoms with Crippen LogP contribution in [0.5, 0.6) is 5.75 Å². The number of β-amino-alcohol motifs (C(OH)–C–C–N with tert-alkyl or cyclic N) is 1. The molecule has 1 aliphatic rings. The highest BCUT2D eigenvalue weighted by molar-refractivity contribution is 6.42. The number of aliphatic imine (C=N–C) groups is 1. The van der Waals surface area contributed by atoms with E-state index < -0.39 is 36.4 Å². The number of halogens is 5. The number of alkyl halides is 2. The number of hydrogen-bond donors (Lipinski definition) is 5. The fourth-order valence-corrected chi connectivity index (χ4v) is 4.40. The Morgan fingerprint density at radius 1 is 1.35 bits per heavy atom. The first-order valence-electron chi connectivity index (χ1n) is 12.0. The van der Waals surface area contributed by atoms with E-state index in [2.05, 4.69) is 25.7 Å².